The summed E-state index contributed by atoms with van der Waals surface area (Å²) < 4.78 is 5.18. The van der Waals surface area contributed by atoms with Gasteiger partial charge in [-0.05, 0) is 62.9 Å². The smallest absolute Gasteiger partial charge is 0.118 e. The topological polar surface area (TPSA) is 38.5 Å². The van der Waals surface area contributed by atoms with E-state index in [9.17, 15) is 0 Å². The fraction of sp³-hybridized carbons (Fsp3) is 0.625. The third kappa shape index (κ3) is 4.22. The number of ether oxygens (including phenoxy) is 1. The molecule has 1 fully saturated rings. The first-order valence-corrected chi connectivity index (χ1v) is 7.30. The van der Waals surface area contributed by atoms with Crippen molar-refractivity contribution >= 4 is 0 Å². The van der Waals surface area contributed by atoms with Gasteiger partial charge in [-0.25, -0.2) is 0 Å². The fourth-order valence-electron chi connectivity index (χ4n) is 2.78. The van der Waals surface area contributed by atoms with Gasteiger partial charge in [0, 0.05) is 12.6 Å². The molecule has 2 N–H and O–H groups in total. The van der Waals surface area contributed by atoms with E-state index >= 15 is 0 Å². The number of nitrogens with zero attached hydrogens (tertiary/aromatic N) is 1. The molecule has 0 spiro atoms. The molecule has 0 bridgehead atoms. The Bertz CT molecular complexity index is 367. The molecule has 1 aliphatic rings. The second kappa shape index (κ2) is 6.92. The predicted molar refractivity (Wildman–Crippen MR) is 79.5 cm³/mol. The van der Waals surface area contributed by atoms with Gasteiger partial charge in [-0.2, -0.15) is 0 Å². The van der Waals surface area contributed by atoms with Crippen molar-refractivity contribution in [1.29, 1.82) is 0 Å². The van der Waals surface area contributed by atoms with Crippen LogP contribution >= 0.6 is 0 Å². The highest BCUT2D eigenvalue weighted by atomic mass is 16.5. The van der Waals surface area contributed by atoms with Crippen molar-refractivity contribution in [3.8, 4) is 5.75 Å². The largest absolute Gasteiger partial charge is 0.497 e. The van der Waals surface area contributed by atoms with E-state index in [0.29, 0.717) is 6.04 Å². The van der Waals surface area contributed by atoms with Crippen molar-refractivity contribution in [3.63, 3.8) is 0 Å². The number of piperidine rings is 1. The van der Waals surface area contributed by atoms with Gasteiger partial charge in [0.15, 0.2) is 0 Å². The minimum atomic E-state index is 0.351. The zero-order chi connectivity index (χ0) is 13.7. The van der Waals surface area contributed by atoms with Crippen molar-refractivity contribution in [3.05, 3.63) is 29.8 Å². The van der Waals surface area contributed by atoms with Crippen LogP contribution in [0, 0.1) is 5.92 Å². The van der Waals surface area contributed by atoms with Crippen LogP contribution in [-0.4, -0.2) is 37.7 Å². The maximum atomic E-state index is 5.97. The molecule has 1 heterocycles. The number of nitrogens with two attached hydrogens (primary N) is 1. The number of hydrogen-bond acceptors (Lipinski definition) is 3. The highest BCUT2D eigenvalue weighted by Gasteiger charge is 2.21. The van der Waals surface area contributed by atoms with Gasteiger partial charge in [0.25, 0.3) is 0 Å². The van der Waals surface area contributed by atoms with Crippen LogP contribution in [-0.2, 0) is 6.42 Å². The molecule has 106 valence electrons. The van der Waals surface area contributed by atoms with Crippen molar-refractivity contribution in [2.75, 3.05) is 26.7 Å². The summed E-state index contributed by atoms with van der Waals surface area (Å²) in [6.45, 7) is 5.68. The maximum Gasteiger partial charge on any atom is 0.118 e. The van der Waals surface area contributed by atoms with Gasteiger partial charge in [-0.1, -0.05) is 12.1 Å². The number of rotatable bonds is 5. The van der Waals surface area contributed by atoms with Gasteiger partial charge in [0.2, 0.25) is 0 Å². The van der Waals surface area contributed by atoms with E-state index in [1.807, 2.05) is 12.1 Å². The Balaban J connectivity index is 1.74. The number of hydrogen-bond donors (Lipinski definition) is 1. The molecule has 0 aliphatic carbocycles. The summed E-state index contributed by atoms with van der Waals surface area (Å²) >= 11 is 0. The van der Waals surface area contributed by atoms with E-state index < -0.39 is 0 Å². The quantitative estimate of drug-likeness (QED) is 0.885. The zero-order valence-corrected chi connectivity index (χ0v) is 12.1. The van der Waals surface area contributed by atoms with Gasteiger partial charge >= 0.3 is 0 Å². The summed E-state index contributed by atoms with van der Waals surface area (Å²) in [6.07, 6.45) is 3.62. The predicted octanol–water partition coefficient (Wildman–Crippen LogP) is 2.30. The van der Waals surface area contributed by atoms with Gasteiger partial charge in [0.1, 0.15) is 5.75 Å². The van der Waals surface area contributed by atoms with Crippen LogP contribution in [0.15, 0.2) is 24.3 Å². The lowest BCUT2D eigenvalue weighted by Crippen LogP contribution is -2.40. The molecule has 1 aromatic carbocycles. The van der Waals surface area contributed by atoms with Gasteiger partial charge in [-0.15, -0.1) is 0 Å². The lowest BCUT2D eigenvalue weighted by atomic mass is 9.91. The lowest BCUT2D eigenvalue weighted by molar-refractivity contribution is 0.174. The summed E-state index contributed by atoms with van der Waals surface area (Å²) in [5.41, 5.74) is 7.36. The van der Waals surface area contributed by atoms with E-state index in [-0.39, 0.29) is 0 Å². The van der Waals surface area contributed by atoms with Crippen LogP contribution in [0.25, 0.3) is 0 Å². The first-order valence-electron chi connectivity index (χ1n) is 7.30. The third-order valence-corrected chi connectivity index (χ3v) is 4.25. The standard InChI is InChI=1S/C16H26N2O/c1-13(17)15-8-11-18(12-9-15)10-7-14-3-5-16(19-2)6-4-14/h3-6,13,15H,7-12,17H2,1-2H3. The van der Waals surface area contributed by atoms with Crippen LogP contribution in [0.4, 0.5) is 0 Å². The van der Waals surface area contributed by atoms with Gasteiger partial charge < -0.3 is 15.4 Å². The molecule has 1 aromatic rings. The third-order valence-electron chi connectivity index (χ3n) is 4.25. The monoisotopic (exact) mass is 262 g/mol. The number of methoxy groups -OCH3 is 1. The van der Waals surface area contributed by atoms with Gasteiger partial charge in [-0.3, -0.25) is 0 Å². The van der Waals surface area contributed by atoms with Crippen LogP contribution < -0.4 is 10.5 Å². The van der Waals surface area contributed by atoms with E-state index in [2.05, 4.69) is 24.0 Å². The summed E-state index contributed by atoms with van der Waals surface area (Å²) in [4.78, 5) is 2.56. The van der Waals surface area contributed by atoms with Crippen molar-refractivity contribution < 1.29 is 4.74 Å². The second-order valence-corrected chi connectivity index (χ2v) is 5.64. The molecule has 3 nitrogen and oxygen atoms in total. The van der Waals surface area contributed by atoms with Crippen LogP contribution in [0.5, 0.6) is 5.75 Å². The summed E-state index contributed by atoms with van der Waals surface area (Å²) in [6, 6.07) is 8.75. The van der Waals surface area contributed by atoms with Crippen molar-refractivity contribution in [1.82, 2.24) is 4.90 Å². The first-order chi connectivity index (χ1) is 9.19. The van der Waals surface area contributed by atoms with Crippen LogP contribution in [0.3, 0.4) is 0 Å². The van der Waals surface area contributed by atoms with E-state index in [0.717, 1.165) is 24.6 Å². The van der Waals surface area contributed by atoms with E-state index in [4.69, 9.17) is 10.5 Å². The molecule has 0 radical (unpaired) electrons. The molecule has 0 aromatic heterocycles. The maximum absolute atomic E-state index is 5.97. The van der Waals surface area contributed by atoms with Crippen LogP contribution in [0.1, 0.15) is 25.3 Å². The molecule has 1 saturated heterocycles. The zero-order valence-electron chi connectivity index (χ0n) is 12.1. The molecule has 0 amide bonds. The van der Waals surface area contributed by atoms with Crippen LogP contribution in [0.2, 0.25) is 0 Å². The van der Waals surface area contributed by atoms with Crippen molar-refractivity contribution in [2.45, 2.75) is 32.2 Å². The molecule has 1 atom stereocenters. The van der Waals surface area contributed by atoms with Gasteiger partial charge in [0.05, 0.1) is 7.11 Å². The van der Waals surface area contributed by atoms with Crippen molar-refractivity contribution in [2.24, 2.45) is 11.7 Å². The normalized spacial score (nSPS) is 19.3. The molecule has 2 rings (SSSR count). The summed E-state index contributed by atoms with van der Waals surface area (Å²) in [5.74, 6) is 1.65. The minimum Gasteiger partial charge on any atom is -0.497 e. The lowest BCUT2D eigenvalue weighted by Gasteiger charge is -2.33. The molecule has 0 saturated carbocycles. The first kappa shape index (κ1) is 14.4. The number of benzene rings is 1. The summed E-state index contributed by atoms with van der Waals surface area (Å²) in [7, 11) is 1.71. The minimum absolute atomic E-state index is 0.351. The SMILES string of the molecule is COc1ccc(CCN2CCC(C(C)N)CC2)cc1. The molecule has 1 aliphatic heterocycles. The molecule has 1 unspecified atom stereocenters. The Morgan fingerprint density at radius 1 is 1.26 bits per heavy atom. The highest BCUT2D eigenvalue weighted by molar-refractivity contribution is 5.27. The molecular weight excluding hydrogens is 236 g/mol. The number of likely N-dealkylation sites (tertiary alicyclic amines) is 1. The Hall–Kier alpha value is -1.06. The second-order valence-electron chi connectivity index (χ2n) is 5.64. The highest BCUT2D eigenvalue weighted by Crippen LogP contribution is 2.20. The fourth-order valence-corrected chi connectivity index (χ4v) is 2.78. The van der Waals surface area contributed by atoms with E-state index in [1.165, 1.54) is 31.5 Å². The van der Waals surface area contributed by atoms with E-state index in [1.54, 1.807) is 7.11 Å². The average Bonchev–Trinajstić information content (AvgIpc) is 2.46. The molecule has 19 heavy (non-hydrogen) atoms. The summed E-state index contributed by atoms with van der Waals surface area (Å²) in [5, 5.41) is 0. The molecule has 3 heteroatoms. The average molecular weight is 262 g/mol. The Morgan fingerprint density at radius 3 is 2.42 bits per heavy atom. The Kier molecular flexibility index (Phi) is 5.23. The Labute approximate surface area is 116 Å². The molecular formula is C16H26N2O. The Morgan fingerprint density at radius 2 is 1.89 bits per heavy atom.